The van der Waals surface area contributed by atoms with Crippen LogP contribution in [0.2, 0.25) is 0 Å². The van der Waals surface area contributed by atoms with Gasteiger partial charge in [0.2, 0.25) is 0 Å². The van der Waals surface area contributed by atoms with Crippen molar-refractivity contribution in [2.24, 2.45) is 0 Å². The molecule has 6 heteroatoms. The first-order valence-corrected chi connectivity index (χ1v) is 6.01. The van der Waals surface area contributed by atoms with Crippen molar-refractivity contribution in [3.8, 4) is 5.69 Å². The van der Waals surface area contributed by atoms with Crippen LogP contribution >= 0.6 is 0 Å². The third-order valence-electron chi connectivity index (χ3n) is 3.12. The van der Waals surface area contributed by atoms with Gasteiger partial charge in [-0.05, 0) is 41.5 Å². The topological polar surface area (TPSA) is 64.9 Å². The van der Waals surface area contributed by atoms with Crippen LogP contribution in [0.4, 0.5) is 5.69 Å². The minimum atomic E-state index is 0.396. The quantitative estimate of drug-likeness (QED) is 0.879. The summed E-state index contributed by atoms with van der Waals surface area (Å²) in [5, 5.41) is 14.7. The molecule has 3 rings (SSSR count). The Bertz CT molecular complexity index is 519. The Kier molecular flexibility index (Phi) is 2.93. The van der Waals surface area contributed by atoms with E-state index in [4.69, 9.17) is 4.74 Å². The maximum atomic E-state index is 5.37. The largest absolute Gasteiger partial charge is 0.380 e. The van der Waals surface area contributed by atoms with E-state index in [0.717, 1.165) is 31.0 Å². The van der Waals surface area contributed by atoms with Crippen molar-refractivity contribution in [2.75, 3.05) is 18.5 Å². The fraction of sp³-hybridized carbons (Fsp3) is 0.417. The summed E-state index contributed by atoms with van der Waals surface area (Å²) in [6, 6.07) is 6.52. The Labute approximate surface area is 105 Å². The number of aromatic nitrogens is 4. The normalized spacial score (nSPS) is 19.1. The van der Waals surface area contributed by atoms with E-state index in [9.17, 15) is 0 Å². The lowest BCUT2D eigenvalue weighted by molar-refractivity contribution is 0.195. The molecule has 0 spiro atoms. The number of aryl methyl sites for hydroxylation is 1. The van der Waals surface area contributed by atoms with Crippen LogP contribution < -0.4 is 5.32 Å². The summed E-state index contributed by atoms with van der Waals surface area (Å²) in [6.07, 6.45) is 2.64. The SMILES string of the molecule is Cc1ccc(-n2cnnn2)cc1NC1CCOC1. The molecule has 94 valence electrons. The van der Waals surface area contributed by atoms with Crippen molar-refractivity contribution in [3.63, 3.8) is 0 Å². The van der Waals surface area contributed by atoms with Gasteiger partial charge in [-0.1, -0.05) is 6.07 Å². The second-order valence-corrected chi connectivity index (χ2v) is 4.46. The average molecular weight is 245 g/mol. The van der Waals surface area contributed by atoms with Gasteiger partial charge in [0.1, 0.15) is 6.33 Å². The zero-order chi connectivity index (χ0) is 12.4. The first-order valence-electron chi connectivity index (χ1n) is 6.01. The second kappa shape index (κ2) is 4.73. The summed E-state index contributed by atoms with van der Waals surface area (Å²) >= 11 is 0. The third-order valence-corrected chi connectivity index (χ3v) is 3.12. The molecule has 1 aliphatic heterocycles. The lowest BCUT2D eigenvalue weighted by Crippen LogP contribution is -2.19. The molecule has 1 saturated heterocycles. The van der Waals surface area contributed by atoms with E-state index in [1.165, 1.54) is 5.56 Å². The smallest absolute Gasteiger partial charge is 0.143 e. The van der Waals surface area contributed by atoms with E-state index in [2.05, 4.69) is 39.9 Å². The number of hydrogen-bond acceptors (Lipinski definition) is 5. The molecule has 1 aromatic heterocycles. The highest BCUT2D eigenvalue weighted by Gasteiger charge is 2.16. The molecule has 0 bridgehead atoms. The van der Waals surface area contributed by atoms with Crippen molar-refractivity contribution in [2.45, 2.75) is 19.4 Å². The molecular formula is C12H15N5O. The van der Waals surface area contributed by atoms with Crippen molar-refractivity contribution < 1.29 is 4.74 Å². The Balaban J connectivity index is 1.86. The average Bonchev–Trinajstić information content (AvgIpc) is 3.04. The first-order chi connectivity index (χ1) is 8.83. The van der Waals surface area contributed by atoms with Crippen molar-refractivity contribution in [3.05, 3.63) is 30.1 Å². The maximum absolute atomic E-state index is 5.37. The summed E-state index contributed by atoms with van der Waals surface area (Å²) in [6.45, 7) is 3.69. The summed E-state index contributed by atoms with van der Waals surface area (Å²) in [5.41, 5.74) is 3.27. The summed E-state index contributed by atoms with van der Waals surface area (Å²) in [7, 11) is 0. The first kappa shape index (κ1) is 11.2. The van der Waals surface area contributed by atoms with Crippen LogP contribution in [0.3, 0.4) is 0 Å². The lowest BCUT2D eigenvalue weighted by Gasteiger charge is -2.15. The molecule has 0 saturated carbocycles. The van der Waals surface area contributed by atoms with Gasteiger partial charge in [0.25, 0.3) is 0 Å². The molecule has 1 N–H and O–H groups in total. The highest BCUT2D eigenvalue weighted by atomic mass is 16.5. The Morgan fingerprint density at radius 2 is 2.39 bits per heavy atom. The number of nitrogens with zero attached hydrogens (tertiary/aromatic N) is 4. The fourth-order valence-corrected chi connectivity index (χ4v) is 2.06. The monoisotopic (exact) mass is 245 g/mol. The standard InChI is InChI=1S/C12H15N5O/c1-9-2-3-11(17-8-13-15-16-17)6-12(9)14-10-4-5-18-7-10/h2-3,6,8,10,14H,4-5,7H2,1H3. The zero-order valence-electron chi connectivity index (χ0n) is 10.2. The number of anilines is 1. The molecule has 0 aliphatic carbocycles. The van der Waals surface area contributed by atoms with Gasteiger partial charge in [-0.25, -0.2) is 4.68 Å². The minimum Gasteiger partial charge on any atom is -0.380 e. The lowest BCUT2D eigenvalue weighted by atomic mass is 10.1. The van der Waals surface area contributed by atoms with E-state index in [-0.39, 0.29) is 0 Å². The molecule has 2 aromatic rings. The van der Waals surface area contributed by atoms with E-state index >= 15 is 0 Å². The molecule has 1 aliphatic rings. The zero-order valence-corrected chi connectivity index (χ0v) is 10.2. The molecule has 18 heavy (non-hydrogen) atoms. The van der Waals surface area contributed by atoms with Gasteiger partial charge >= 0.3 is 0 Å². The van der Waals surface area contributed by atoms with E-state index in [1.807, 2.05) is 6.07 Å². The number of ether oxygens (including phenoxy) is 1. The maximum Gasteiger partial charge on any atom is 0.143 e. The van der Waals surface area contributed by atoms with Crippen LogP contribution in [-0.2, 0) is 4.74 Å². The number of tetrazole rings is 1. The highest BCUT2D eigenvalue weighted by Crippen LogP contribution is 2.21. The van der Waals surface area contributed by atoms with Crippen LogP contribution in [0.15, 0.2) is 24.5 Å². The summed E-state index contributed by atoms with van der Waals surface area (Å²) < 4.78 is 7.02. The highest BCUT2D eigenvalue weighted by molar-refractivity contribution is 5.57. The van der Waals surface area contributed by atoms with Crippen molar-refractivity contribution in [1.29, 1.82) is 0 Å². The van der Waals surface area contributed by atoms with Crippen LogP contribution in [0.5, 0.6) is 0 Å². The van der Waals surface area contributed by atoms with Gasteiger partial charge < -0.3 is 10.1 Å². The second-order valence-electron chi connectivity index (χ2n) is 4.46. The molecule has 0 amide bonds. The fourth-order valence-electron chi connectivity index (χ4n) is 2.06. The number of nitrogens with one attached hydrogen (secondary N) is 1. The number of hydrogen-bond donors (Lipinski definition) is 1. The third kappa shape index (κ3) is 2.19. The molecule has 1 unspecified atom stereocenters. The van der Waals surface area contributed by atoms with Gasteiger partial charge in [-0.2, -0.15) is 0 Å². The Morgan fingerprint density at radius 3 is 3.11 bits per heavy atom. The van der Waals surface area contributed by atoms with Gasteiger partial charge in [0.05, 0.1) is 18.3 Å². The summed E-state index contributed by atoms with van der Waals surface area (Å²) in [4.78, 5) is 0. The van der Waals surface area contributed by atoms with Crippen molar-refractivity contribution in [1.82, 2.24) is 20.2 Å². The molecule has 2 heterocycles. The van der Waals surface area contributed by atoms with Crippen LogP contribution in [0.25, 0.3) is 5.69 Å². The van der Waals surface area contributed by atoms with Crippen LogP contribution in [0, 0.1) is 6.92 Å². The molecular weight excluding hydrogens is 230 g/mol. The molecule has 0 radical (unpaired) electrons. The Morgan fingerprint density at radius 1 is 1.44 bits per heavy atom. The van der Waals surface area contributed by atoms with Gasteiger partial charge in [0.15, 0.2) is 0 Å². The number of rotatable bonds is 3. The van der Waals surface area contributed by atoms with Crippen LogP contribution in [-0.4, -0.2) is 39.5 Å². The predicted molar refractivity (Wildman–Crippen MR) is 66.7 cm³/mol. The van der Waals surface area contributed by atoms with E-state index in [1.54, 1.807) is 11.0 Å². The molecule has 6 nitrogen and oxygen atoms in total. The Hall–Kier alpha value is -1.95. The van der Waals surface area contributed by atoms with Gasteiger partial charge in [0, 0.05) is 12.3 Å². The van der Waals surface area contributed by atoms with E-state index < -0.39 is 0 Å². The predicted octanol–water partition coefficient (Wildman–Crippen LogP) is 1.17. The van der Waals surface area contributed by atoms with E-state index in [0.29, 0.717) is 6.04 Å². The molecule has 1 atom stereocenters. The van der Waals surface area contributed by atoms with Gasteiger partial charge in [-0.3, -0.25) is 0 Å². The molecule has 1 fully saturated rings. The summed E-state index contributed by atoms with van der Waals surface area (Å²) in [5.74, 6) is 0. The molecule has 1 aromatic carbocycles. The van der Waals surface area contributed by atoms with Gasteiger partial charge in [-0.15, -0.1) is 5.10 Å². The number of benzene rings is 1. The van der Waals surface area contributed by atoms with Crippen LogP contribution in [0.1, 0.15) is 12.0 Å². The minimum absolute atomic E-state index is 0.396. The van der Waals surface area contributed by atoms with Crippen molar-refractivity contribution >= 4 is 5.69 Å².